The summed E-state index contributed by atoms with van der Waals surface area (Å²) in [6, 6.07) is 3.04. The zero-order valence-electron chi connectivity index (χ0n) is 10.1. The van der Waals surface area contributed by atoms with Gasteiger partial charge < -0.3 is 9.88 Å². The normalized spacial score (nSPS) is 14.6. The second kappa shape index (κ2) is 5.17. The van der Waals surface area contributed by atoms with Crippen LogP contribution in [-0.2, 0) is 7.05 Å². The van der Waals surface area contributed by atoms with Crippen LogP contribution in [0, 0.1) is 5.92 Å². The zero-order chi connectivity index (χ0) is 12.3. The topological polar surface area (TPSA) is 51.1 Å². The van der Waals surface area contributed by atoms with E-state index < -0.39 is 0 Å². The molecule has 0 aromatic carbocycles. The van der Waals surface area contributed by atoms with Crippen molar-refractivity contribution in [1.82, 2.24) is 9.88 Å². The highest BCUT2D eigenvalue weighted by molar-refractivity contribution is 5.93. The molecule has 1 aromatic rings. The minimum atomic E-state index is -0.157. The molecule has 17 heavy (non-hydrogen) atoms. The average Bonchev–Trinajstić information content (AvgIpc) is 3.12. The van der Waals surface area contributed by atoms with E-state index in [1.807, 2.05) is 0 Å². The first-order chi connectivity index (χ1) is 8.16. The number of pyridine rings is 1. The lowest BCUT2D eigenvalue weighted by molar-refractivity contribution is 0.0952. The molecular weight excluding hydrogens is 216 g/mol. The number of rotatable bonds is 5. The van der Waals surface area contributed by atoms with Gasteiger partial charge in [-0.1, -0.05) is 12.8 Å². The summed E-state index contributed by atoms with van der Waals surface area (Å²) in [5, 5.41) is 2.84. The monoisotopic (exact) mass is 234 g/mol. The molecule has 0 bridgehead atoms. The molecule has 2 rings (SSSR count). The SMILES string of the molecule is Cn1ccc(C(=O)NCCCC2CC2)cc1=O. The third kappa shape index (κ3) is 3.44. The van der Waals surface area contributed by atoms with Crippen LogP contribution >= 0.6 is 0 Å². The van der Waals surface area contributed by atoms with Crippen LogP contribution in [0.4, 0.5) is 0 Å². The van der Waals surface area contributed by atoms with Gasteiger partial charge in [0, 0.05) is 31.4 Å². The van der Waals surface area contributed by atoms with Crippen molar-refractivity contribution in [1.29, 1.82) is 0 Å². The Morgan fingerprint density at radius 2 is 2.29 bits per heavy atom. The van der Waals surface area contributed by atoms with E-state index in [0.29, 0.717) is 12.1 Å². The van der Waals surface area contributed by atoms with E-state index in [-0.39, 0.29) is 11.5 Å². The van der Waals surface area contributed by atoms with Crippen LogP contribution in [0.1, 0.15) is 36.0 Å². The van der Waals surface area contributed by atoms with Gasteiger partial charge in [0.1, 0.15) is 0 Å². The molecule has 1 fully saturated rings. The lowest BCUT2D eigenvalue weighted by atomic mass is 10.2. The van der Waals surface area contributed by atoms with Gasteiger partial charge in [-0.05, 0) is 24.8 Å². The van der Waals surface area contributed by atoms with Gasteiger partial charge in [0.2, 0.25) is 0 Å². The molecule has 1 aliphatic carbocycles. The maximum Gasteiger partial charge on any atom is 0.251 e. The van der Waals surface area contributed by atoms with Gasteiger partial charge in [0.05, 0.1) is 0 Å². The lowest BCUT2D eigenvalue weighted by Crippen LogP contribution is -2.26. The number of nitrogens with one attached hydrogen (secondary N) is 1. The predicted octanol–water partition coefficient (Wildman–Crippen LogP) is 1.31. The summed E-state index contributed by atoms with van der Waals surface area (Å²) in [6.07, 6.45) is 6.55. The van der Waals surface area contributed by atoms with Crippen molar-refractivity contribution in [2.24, 2.45) is 13.0 Å². The minimum absolute atomic E-state index is 0.154. The number of aryl methyl sites for hydroxylation is 1. The Morgan fingerprint density at radius 1 is 1.53 bits per heavy atom. The molecule has 0 spiro atoms. The van der Waals surface area contributed by atoms with E-state index in [1.54, 1.807) is 19.3 Å². The number of carbonyl (C=O) groups is 1. The van der Waals surface area contributed by atoms with E-state index in [1.165, 1.54) is 29.9 Å². The van der Waals surface area contributed by atoms with Crippen LogP contribution in [0.15, 0.2) is 23.1 Å². The smallest absolute Gasteiger partial charge is 0.251 e. The molecule has 1 amide bonds. The largest absolute Gasteiger partial charge is 0.352 e. The number of hydrogen-bond donors (Lipinski definition) is 1. The molecule has 4 nitrogen and oxygen atoms in total. The van der Waals surface area contributed by atoms with E-state index >= 15 is 0 Å². The third-order valence-electron chi connectivity index (χ3n) is 3.14. The molecule has 1 aliphatic rings. The highest BCUT2D eigenvalue weighted by Crippen LogP contribution is 2.33. The highest BCUT2D eigenvalue weighted by atomic mass is 16.2. The molecule has 0 unspecified atom stereocenters. The fraction of sp³-hybridized carbons (Fsp3) is 0.538. The van der Waals surface area contributed by atoms with Crippen LogP contribution in [0.5, 0.6) is 0 Å². The molecular formula is C13H18N2O2. The molecule has 0 atom stereocenters. The summed E-state index contributed by atoms with van der Waals surface area (Å²) in [4.78, 5) is 23.1. The quantitative estimate of drug-likeness (QED) is 0.781. The van der Waals surface area contributed by atoms with Crippen molar-refractivity contribution in [3.63, 3.8) is 0 Å². The summed E-state index contributed by atoms with van der Waals surface area (Å²) in [5.41, 5.74) is 0.287. The number of aromatic nitrogens is 1. The van der Waals surface area contributed by atoms with Gasteiger partial charge in [-0.25, -0.2) is 0 Å². The van der Waals surface area contributed by atoms with Crippen molar-refractivity contribution in [2.45, 2.75) is 25.7 Å². The van der Waals surface area contributed by atoms with E-state index in [4.69, 9.17) is 0 Å². The molecule has 1 heterocycles. The number of amides is 1. The molecule has 0 aliphatic heterocycles. The minimum Gasteiger partial charge on any atom is -0.352 e. The molecule has 1 saturated carbocycles. The van der Waals surface area contributed by atoms with E-state index in [2.05, 4.69) is 5.32 Å². The second-order valence-corrected chi connectivity index (χ2v) is 4.71. The Hall–Kier alpha value is -1.58. The molecule has 1 aromatic heterocycles. The van der Waals surface area contributed by atoms with Gasteiger partial charge in [-0.3, -0.25) is 9.59 Å². The average molecular weight is 234 g/mol. The summed E-state index contributed by atoms with van der Waals surface area (Å²) < 4.78 is 1.45. The predicted molar refractivity (Wildman–Crippen MR) is 66.0 cm³/mol. The van der Waals surface area contributed by atoms with E-state index in [0.717, 1.165) is 12.3 Å². The highest BCUT2D eigenvalue weighted by Gasteiger charge is 2.20. The van der Waals surface area contributed by atoms with Crippen LogP contribution in [0.3, 0.4) is 0 Å². The molecule has 4 heteroatoms. The number of hydrogen-bond acceptors (Lipinski definition) is 2. The summed E-state index contributed by atoms with van der Waals surface area (Å²) in [6.45, 7) is 0.699. The van der Waals surface area contributed by atoms with Gasteiger partial charge in [-0.15, -0.1) is 0 Å². The zero-order valence-corrected chi connectivity index (χ0v) is 10.1. The Bertz CT molecular complexity index is 461. The fourth-order valence-electron chi connectivity index (χ4n) is 1.79. The van der Waals surface area contributed by atoms with Crippen molar-refractivity contribution >= 4 is 5.91 Å². The third-order valence-corrected chi connectivity index (χ3v) is 3.14. The van der Waals surface area contributed by atoms with Gasteiger partial charge in [-0.2, -0.15) is 0 Å². The first-order valence-electron chi connectivity index (χ1n) is 6.11. The van der Waals surface area contributed by atoms with Crippen LogP contribution < -0.4 is 10.9 Å². The van der Waals surface area contributed by atoms with Crippen molar-refractivity contribution < 1.29 is 4.79 Å². The van der Waals surface area contributed by atoms with Crippen molar-refractivity contribution in [3.05, 3.63) is 34.2 Å². The summed E-state index contributed by atoms with van der Waals surface area (Å²) in [7, 11) is 1.67. The number of nitrogens with zero attached hydrogens (tertiary/aromatic N) is 1. The van der Waals surface area contributed by atoms with Crippen LogP contribution in [0.2, 0.25) is 0 Å². The fourth-order valence-corrected chi connectivity index (χ4v) is 1.79. The maximum atomic E-state index is 11.7. The second-order valence-electron chi connectivity index (χ2n) is 4.71. The van der Waals surface area contributed by atoms with Crippen molar-refractivity contribution in [3.8, 4) is 0 Å². The maximum absolute atomic E-state index is 11.7. The molecule has 0 radical (unpaired) electrons. The molecule has 92 valence electrons. The van der Waals surface area contributed by atoms with Gasteiger partial charge >= 0.3 is 0 Å². The Kier molecular flexibility index (Phi) is 3.61. The summed E-state index contributed by atoms with van der Waals surface area (Å²) in [5.74, 6) is 0.745. The van der Waals surface area contributed by atoms with E-state index in [9.17, 15) is 9.59 Å². The Morgan fingerprint density at radius 3 is 2.94 bits per heavy atom. The van der Waals surface area contributed by atoms with Crippen molar-refractivity contribution in [2.75, 3.05) is 6.54 Å². The first kappa shape index (κ1) is 11.9. The summed E-state index contributed by atoms with van der Waals surface area (Å²) >= 11 is 0. The first-order valence-corrected chi connectivity index (χ1v) is 6.11. The van der Waals surface area contributed by atoms with Gasteiger partial charge in [0.25, 0.3) is 11.5 Å². The Labute approximate surface area is 101 Å². The van der Waals surface area contributed by atoms with Crippen LogP contribution in [0.25, 0.3) is 0 Å². The lowest BCUT2D eigenvalue weighted by Gasteiger charge is -2.05. The molecule has 0 saturated heterocycles. The standard InChI is InChI=1S/C13H18N2O2/c1-15-8-6-11(9-12(15)16)13(17)14-7-2-3-10-4-5-10/h6,8-10H,2-5,7H2,1H3,(H,14,17). The number of carbonyl (C=O) groups excluding carboxylic acids is 1. The molecule has 1 N–H and O–H groups in total. The Balaban J connectivity index is 1.81. The van der Waals surface area contributed by atoms with Crippen LogP contribution in [-0.4, -0.2) is 17.0 Å². The van der Waals surface area contributed by atoms with Gasteiger partial charge in [0.15, 0.2) is 0 Å².